The van der Waals surface area contributed by atoms with Gasteiger partial charge in [-0.15, -0.1) is 0 Å². The Bertz CT molecular complexity index is 809. The van der Waals surface area contributed by atoms with E-state index >= 15 is 0 Å². The molecule has 6 saturated carbocycles. The summed E-state index contributed by atoms with van der Waals surface area (Å²) in [5, 5.41) is 1.45. The zero-order valence-corrected chi connectivity index (χ0v) is 20.2. The molecule has 178 valence electrons. The molecule has 0 heterocycles. The third-order valence-electron chi connectivity index (χ3n) is 11.7. The number of methoxy groups -OCH3 is 1. The van der Waals surface area contributed by atoms with Crippen molar-refractivity contribution in [1.82, 2.24) is 5.06 Å². The van der Waals surface area contributed by atoms with Crippen LogP contribution in [0.2, 0.25) is 0 Å². The number of hydroxylamine groups is 2. The second-order valence-electron chi connectivity index (χ2n) is 12.9. The standard InChI is InChI=1S/C27H41NO4/c1-28(32-3)23(29)19-7-18-8-20-13-25(12-18,14-21(20)10-19)26-11-17-5-4-6-27(16-26,24(30)31-2)22(9-17)15-26/h17-22H,4-16H2,1-3H3. The van der Waals surface area contributed by atoms with Crippen LogP contribution in [0.4, 0.5) is 0 Å². The van der Waals surface area contributed by atoms with Gasteiger partial charge < -0.3 is 4.74 Å². The predicted octanol–water partition coefficient (Wildman–Crippen LogP) is 4.99. The number of hydrogen-bond acceptors (Lipinski definition) is 4. The monoisotopic (exact) mass is 443 g/mol. The van der Waals surface area contributed by atoms with Gasteiger partial charge in [0.25, 0.3) is 0 Å². The fraction of sp³-hybridized carbons (Fsp3) is 0.926. The van der Waals surface area contributed by atoms with E-state index in [4.69, 9.17) is 9.57 Å². The van der Waals surface area contributed by atoms with Crippen LogP contribution in [0.1, 0.15) is 83.5 Å². The molecule has 6 aliphatic rings. The number of fused-ring (bicyclic) bond motifs is 5. The molecular formula is C27H41NO4. The van der Waals surface area contributed by atoms with Crippen molar-refractivity contribution in [2.45, 2.75) is 83.5 Å². The third kappa shape index (κ3) is 2.78. The van der Waals surface area contributed by atoms with Gasteiger partial charge in [-0.1, -0.05) is 12.8 Å². The van der Waals surface area contributed by atoms with Gasteiger partial charge in [0.15, 0.2) is 0 Å². The molecule has 0 aliphatic heterocycles. The SMILES string of the molecule is COC(=O)C12CCCC3CC1CC(C14CC5CC(C(=O)N(C)OC)CC(C1)C(C5)C4)(C3)C2. The summed E-state index contributed by atoms with van der Waals surface area (Å²) in [6.07, 6.45) is 15.8. The summed E-state index contributed by atoms with van der Waals surface area (Å²) < 4.78 is 5.48. The van der Waals surface area contributed by atoms with Crippen molar-refractivity contribution in [3.63, 3.8) is 0 Å². The number of nitrogens with zero attached hydrogens (tertiary/aromatic N) is 1. The minimum absolute atomic E-state index is 0.0992. The number of rotatable bonds is 4. The summed E-state index contributed by atoms with van der Waals surface area (Å²) in [5.74, 6) is 3.85. The maximum atomic E-state index is 13.2. The first-order chi connectivity index (χ1) is 15.3. The lowest BCUT2D eigenvalue weighted by Gasteiger charge is -2.55. The van der Waals surface area contributed by atoms with Crippen molar-refractivity contribution in [3.05, 3.63) is 0 Å². The van der Waals surface area contributed by atoms with Gasteiger partial charge >= 0.3 is 5.97 Å². The molecule has 1 amide bonds. The number of esters is 1. The highest BCUT2D eigenvalue weighted by Crippen LogP contribution is 2.78. The Morgan fingerprint density at radius 3 is 2.38 bits per heavy atom. The van der Waals surface area contributed by atoms with Crippen LogP contribution in [0.5, 0.6) is 0 Å². The second-order valence-corrected chi connectivity index (χ2v) is 12.9. The maximum Gasteiger partial charge on any atom is 0.312 e. The Balaban J connectivity index is 1.33. The lowest BCUT2D eigenvalue weighted by Crippen LogP contribution is -2.46. The van der Waals surface area contributed by atoms with Crippen molar-refractivity contribution in [3.8, 4) is 0 Å². The molecule has 5 nitrogen and oxygen atoms in total. The summed E-state index contributed by atoms with van der Waals surface area (Å²) in [5.41, 5.74) is 0.524. The normalized spacial score (nSPS) is 50.7. The van der Waals surface area contributed by atoms with Crippen LogP contribution in [0.3, 0.4) is 0 Å². The molecule has 6 aliphatic carbocycles. The molecule has 0 spiro atoms. The Morgan fingerprint density at radius 2 is 1.62 bits per heavy atom. The van der Waals surface area contributed by atoms with E-state index in [1.807, 2.05) is 0 Å². The fourth-order valence-corrected chi connectivity index (χ4v) is 10.8. The molecule has 0 aromatic rings. The largest absolute Gasteiger partial charge is 0.469 e. The van der Waals surface area contributed by atoms with Gasteiger partial charge in [-0.05, 0) is 111 Å². The molecule has 9 unspecified atom stereocenters. The molecule has 6 rings (SSSR count). The van der Waals surface area contributed by atoms with Crippen LogP contribution >= 0.6 is 0 Å². The van der Waals surface area contributed by atoms with Crippen LogP contribution in [-0.4, -0.2) is 38.2 Å². The van der Waals surface area contributed by atoms with Crippen molar-refractivity contribution in [2.24, 2.45) is 51.8 Å². The first kappa shape index (κ1) is 21.4. The van der Waals surface area contributed by atoms with Crippen molar-refractivity contribution in [2.75, 3.05) is 21.3 Å². The second kappa shape index (κ2) is 7.20. The highest BCUT2D eigenvalue weighted by atomic mass is 16.7. The average molecular weight is 444 g/mol. The highest BCUT2D eigenvalue weighted by molar-refractivity contribution is 5.78. The first-order valence-electron chi connectivity index (χ1n) is 13.2. The quantitative estimate of drug-likeness (QED) is 0.454. The Kier molecular flexibility index (Phi) is 4.82. The molecule has 0 aromatic heterocycles. The number of carbonyl (C=O) groups excluding carboxylic acids is 2. The summed E-state index contributed by atoms with van der Waals surface area (Å²) in [7, 11) is 4.96. The summed E-state index contributed by atoms with van der Waals surface area (Å²) >= 11 is 0. The minimum Gasteiger partial charge on any atom is -0.469 e. The highest BCUT2D eigenvalue weighted by Gasteiger charge is 2.71. The van der Waals surface area contributed by atoms with E-state index in [1.54, 1.807) is 21.3 Å². The number of amides is 1. The lowest BCUT2D eigenvalue weighted by atomic mass is 9.50. The Hall–Kier alpha value is -1.10. The van der Waals surface area contributed by atoms with Crippen LogP contribution in [0.15, 0.2) is 0 Å². The van der Waals surface area contributed by atoms with E-state index in [9.17, 15) is 9.59 Å². The number of hydrogen-bond donors (Lipinski definition) is 0. The molecule has 6 bridgehead atoms. The number of carbonyl (C=O) groups is 2. The summed E-state index contributed by atoms with van der Waals surface area (Å²) in [4.78, 5) is 31.5. The van der Waals surface area contributed by atoms with Gasteiger partial charge in [0.2, 0.25) is 5.91 Å². The molecular weight excluding hydrogens is 402 g/mol. The van der Waals surface area contributed by atoms with Crippen LogP contribution < -0.4 is 0 Å². The average Bonchev–Trinajstić information content (AvgIpc) is 3.07. The maximum absolute atomic E-state index is 13.2. The van der Waals surface area contributed by atoms with E-state index in [0.717, 1.165) is 37.5 Å². The van der Waals surface area contributed by atoms with E-state index in [1.165, 1.54) is 62.9 Å². The van der Waals surface area contributed by atoms with Crippen molar-refractivity contribution >= 4 is 11.9 Å². The molecule has 6 fully saturated rings. The smallest absolute Gasteiger partial charge is 0.312 e. The van der Waals surface area contributed by atoms with E-state index < -0.39 is 0 Å². The van der Waals surface area contributed by atoms with Crippen LogP contribution in [-0.2, 0) is 19.2 Å². The van der Waals surface area contributed by atoms with Crippen molar-refractivity contribution in [1.29, 1.82) is 0 Å². The summed E-state index contributed by atoms with van der Waals surface area (Å²) in [6.45, 7) is 0. The zero-order valence-electron chi connectivity index (χ0n) is 20.2. The molecule has 0 radical (unpaired) electrons. The Labute approximate surface area is 192 Å². The molecule has 5 heteroatoms. The van der Waals surface area contributed by atoms with Gasteiger partial charge in [0, 0.05) is 13.0 Å². The predicted molar refractivity (Wildman–Crippen MR) is 120 cm³/mol. The topological polar surface area (TPSA) is 55.8 Å². The molecule has 0 saturated heterocycles. The van der Waals surface area contributed by atoms with Crippen LogP contribution in [0.25, 0.3) is 0 Å². The molecule has 9 atom stereocenters. The lowest BCUT2D eigenvalue weighted by molar-refractivity contribution is -0.175. The van der Waals surface area contributed by atoms with Gasteiger partial charge in [-0.2, -0.15) is 0 Å². The third-order valence-corrected chi connectivity index (χ3v) is 11.7. The fourth-order valence-electron chi connectivity index (χ4n) is 10.8. The van der Waals surface area contributed by atoms with Gasteiger partial charge in [0.05, 0.1) is 19.6 Å². The first-order valence-corrected chi connectivity index (χ1v) is 13.2. The van der Waals surface area contributed by atoms with E-state index in [0.29, 0.717) is 28.6 Å². The summed E-state index contributed by atoms with van der Waals surface area (Å²) in [6, 6.07) is 0. The zero-order chi connectivity index (χ0) is 22.3. The van der Waals surface area contributed by atoms with Crippen molar-refractivity contribution < 1.29 is 19.2 Å². The van der Waals surface area contributed by atoms with Gasteiger partial charge in [-0.25, -0.2) is 5.06 Å². The minimum atomic E-state index is -0.209. The molecule has 0 aromatic carbocycles. The number of ether oxygens (including phenoxy) is 1. The van der Waals surface area contributed by atoms with Gasteiger partial charge in [-0.3, -0.25) is 14.4 Å². The van der Waals surface area contributed by atoms with E-state index in [-0.39, 0.29) is 23.2 Å². The Morgan fingerprint density at radius 1 is 0.875 bits per heavy atom. The molecule has 0 N–H and O–H groups in total. The van der Waals surface area contributed by atoms with Crippen LogP contribution in [0, 0.1) is 51.8 Å². The molecule has 32 heavy (non-hydrogen) atoms. The van der Waals surface area contributed by atoms with E-state index in [2.05, 4.69) is 0 Å². The van der Waals surface area contributed by atoms with Gasteiger partial charge in [0.1, 0.15) is 0 Å².